The van der Waals surface area contributed by atoms with Crippen LogP contribution in [0.1, 0.15) is 62.6 Å². The van der Waals surface area contributed by atoms with Gasteiger partial charge in [-0.05, 0) is 91.6 Å². The lowest BCUT2D eigenvalue weighted by atomic mass is 9.49. The van der Waals surface area contributed by atoms with Gasteiger partial charge in [0.05, 0.1) is 16.6 Å². The van der Waals surface area contributed by atoms with E-state index >= 15 is 0 Å². The molecular weight excluding hydrogens is 516 g/mol. The number of hydrogen-bond donors (Lipinski definition) is 3. The number of aliphatic hydroxyl groups is 1. The Morgan fingerprint density at radius 2 is 1.95 bits per heavy atom. The van der Waals surface area contributed by atoms with Gasteiger partial charge in [0.15, 0.2) is 11.5 Å². The van der Waals surface area contributed by atoms with E-state index in [-0.39, 0.29) is 34.8 Å². The molecule has 41 heavy (non-hydrogen) atoms. The lowest BCUT2D eigenvalue weighted by Crippen LogP contribution is -2.75. The number of benzene rings is 2. The van der Waals surface area contributed by atoms with Crippen molar-refractivity contribution in [1.29, 1.82) is 0 Å². The summed E-state index contributed by atoms with van der Waals surface area (Å²) in [6, 6.07) is 11.2. The molecule has 6 aliphatic rings. The fourth-order valence-corrected chi connectivity index (χ4v) is 9.20. The zero-order chi connectivity index (χ0) is 28.3. The molecule has 1 saturated carbocycles. The maximum Gasteiger partial charge on any atom is 0.253 e. The molecule has 6 atom stereocenters. The van der Waals surface area contributed by atoms with Gasteiger partial charge >= 0.3 is 0 Å². The average molecular weight is 557 g/mol. The van der Waals surface area contributed by atoms with Gasteiger partial charge in [0.2, 0.25) is 0 Å². The van der Waals surface area contributed by atoms with Crippen molar-refractivity contribution in [3.63, 3.8) is 0 Å². The monoisotopic (exact) mass is 556 g/mol. The molecular formula is C34H40N2O5. The summed E-state index contributed by atoms with van der Waals surface area (Å²) in [5, 5.41) is 33.7. The fourth-order valence-electron chi connectivity index (χ4n) is 9.20. The highest BCUT2D eigenvalue weighted by atomic mass is 16.5. The van der Waals surface area contributed by atoms with Gasteiger partial charge in [-0.2, -0.15) is 0 Å². The topological polar surface area (TPSA) is 93.5 Å². The number of carbonyl (C=O) groups is 1. The van der Waals surface area contributed by atoms with Crippen LogP contribution in [0.5, 0.6) is 17.2 Å². The van der Waals surface area contributed by atoms with Crippen LogP contribution in [0.4, 0.5) is 0 Å². The number of piperidine rings is 2. The van der Waals surface area contributed by atoms with E-state index in [9.17, 15) is 20.1 Å². The SMILES string of the molecule is C[C@H]1CN(C(=O)C2=CC[C@@]3(O)[C@H]4Cc5ccc(O)c6c5[C@@]3(CCN4CC3CC3)[C@H]2O6)CC[C@@]1(C)c1cccc(O)c1. The van der Waals surface area contributed by atoms with E-state index in [0.29, 0.717) is 37.3 Å². The minimum atomic E-state index is -1.05. The molecule has 1 amide bonds. The second-order valence-corrected chi connectivity index (χ2v) is 14.0. The van der Waals surface area contributed by atoms with Gasteiger partial charge in [0.1, 0.15) is 11.9 Å². The first-order valence-corrected chi connectivity index (χ1v) is 15.4. The first-order chi connectivity index (χ1) is 19.7. The van der Waals surface area contributed by atoms with E-state index in [1.54, 1.807) is 12.1 Å². The van der Waals surface area contributed by atoms with Crippen molar-refractivity contribution in [3.8, 4) is 17.2 Å². The van der Waals surface area contributed by atoms with Crippen LogP contribution in [0.2, 0.25) is 0 Å². The highest BCUT2D eigenvalue weighted by Gasteiger charge is 2.72. The minimum absolute atomic E-state index is 0.0207. The number of amides is 1. The summed E-state index contributed by atoms with van der Waals surface area (Å²) >= 11 is 0. The van der Waals surface area contributed by atoms with Crippen molar-refractivity contribution in [3.05, 3.63) is 64.7 Å². The number of phenolic OH excluding ortho intramolecular Hbond substituents is 2. The van der Waals surface area contributed by atoms with Gasteiger partial charge in [-0.1, -0.05) is 38.1 Å². The van der Waals surface area contributed by atoms with Crippen molar-refractivity contribution in [2.45, 2.75) is 80.9 Å². The zero-order valence-corrected chi connectivity index (χ0v) is 24.0. The van der Waals surface area contributed by atoms with Crippen LogP contribution >= 0.6 is 0 Å². The summed E-state index contributed by atoms with van der Waals surface area (Å²) < 4.78 is 6.61. The highest BCUT2D eigenvalue weighted by molar-refractivity contribution is 5.96. The Morgan fingerprint density at radius 3 is 2.71 bits per heavy atom. The number of likely N-dealkylation sites (tertiary alicyclic amines) is 2. The van der Waals surface area contributed by atoms with Gasteiger partial charge in [0, 0.05) is 31.2 Å². The molecule has 216 valence electrons. The van der Waals surface area contributed by atoms with Crippen LogP contribution in [0.25, 0.3) is 0 Å². The van der Waals surface area contributed by atoms with Crippen molar-refractivity contribution >= 4 is 5.91 Å². The number of phenols is 2. The third kappa shape index (κ3) is 3.36. The predicted molar refractivity (Wildman–Crippen MR) is 154 cm³/mol. The number of ether oxygens (including phenoxy) is 1. The lowest BCUT2D eigenvalue weighted by Gasteiger charge is -2.62. The van der Waals surface area contributed by atoms with E-state index in [1.165, 1.54) is 12.8 Å². The number of carbonyl (C=O) groups excluding carboxylic acids is 1. The summed E-state index contributed by atoms with van der Waals surface area (Å²) in [7, 11) is 0. The Labute approximate surface area is 241 Å². The van der Waals surface area contributed by atoms with Gasteiger partial charge in [-0.25, -0.2) is 0 Å². The smallest absolute Gasteiger partial charge is 0.253 e. The molecule has 0 aromatic heterocycles. The number of aromatic hydroxyl groups is 2. The van der Waals surface area contributed by atoms with E-state index in [1.807, 2.05) is 29.2 Å². The lowest BCUT2D eigenvalue weighted by molar-refractivity contribution is -0.166. The van der Waals surface area contributed by atoms with E-state index in [4.69, 9.17) is 4.74 Å². The maximum absolute atomic E-state index is 14.4. The largest absolute Gasteiger partial charge is 0.508 e. The molecule has 8 rings (SSSR count). The molecule has 1 spiro atoms. The maximum atomic E-state index is 14.4. The molecule has 7 nitrogen and oxygen atoms in total. The van der Waals surface area contributed by atoms with Crippen LogP contribution in [-0.4, -0.2) is 75.0 Å². The van der Waals surface area contributed by atoms with E-state index < -0.39 is 17.1 Å². The molecule has 7 heteroatoms. The summed E-state index contributed by atoms with van der Waals surface area (Å²) in [5.41, 5.74) is 1.86. The molecule has 3 aliphatic carbocycles. The van der Waals surface area contributed by atoms with Crippen LogP contribution in [0.3, 0.4) is 0 Å². The third-order valence-corrected chi connectivity index (χ3v) is 12.0. The Morgan fingerprint density at radius 1 is 1.12 bits per heavy atom. The molecule has 2 saturated heterocycles. The fraction of sp³-hybridized carbons (Fsp3) is 0.559. The van der Waals surface area contributed by atoms with Crippen LogP contribution in [0, 0.1) is 11.8 Å². The zero-order valence-electron chi connectivity index (χ0n) is 24.0. The Kier molecular flexibility index (Phi) is 5.33. The molecule has 3 heterocycles. The molecule has 3 aliphatic heterocycles. The van der Waals surface area contributed by atoms with Crippen LogP contribution in [-0.2, 0) is 22.0 Å². The molecule has 0 unspecified atom stereocenters. The minimum Gasteiger partial charge on any atom is -0.508 e. The number of rotatable bonds is 4. The second kappa shape index (κ2) is 8.51. The Balaban J connectivity index is 1.14. The number of hydrogen-bond acceptors (Lipinski definition) is 6. The van der Waals surface area contributed by atoms with Crippen LogP contribution in [0.15, 0.2) is 48.0 Å². The first-order valence-electron chi connectivity index (χ1n) is 15.4. The van der Waals surface area contributed by atoms with Crippen molar-refractivity contribution in [2.24, 2.45) is 11.8 Å². The van der Waals surface area contributed by atoms with Crippen molar-refractivity contribution < 1.29 is 24.9 Å². The molecule has 2 bridgehead atoms. The van der Waals surface area contributed by atoms with Crippen molar-refractivity contribution in [2.75, 3.05) is 26.2 Å². The van der Waals surface area contributed by atoms with Gasteiger partial charge in [0.25, 0.3) is 5.91 Å². The molecule has 3 N–H and O–H groups in total. The van der Waals surface area contributed by atoms with Gasteiger partial charge < -0.3 is 25.0 Å². The molecule has 3 fully saturated rings. The summed E-state index contributed by atoms with van der Waals surface area (Å²) in [4.78, 5) is 18.8. The van der Waals surface area contributed by atoms with E-state index in [2.05, 4.69) is 24.8 Å². The summed E-state index contributed by atoms with van der Waals surface area (Å²) in [6.07, 6.45) is 6.53. The number of nitrogens with zero attached hydrogens (tertiary/aromatic N) is 2. The standard InChI is InChI=1S/C34H40N2O5/c1-20-18-36(14-12-32(20,2)23-4-3-5-24(37)17-23)31(39)25-10-11-34(40)27-16-22-8-9-26(38)29-28(22)33(34,30(25)41-29)13-15-35(27)19-21-6-7-21/h3-5,8-10,17,20-21,27,30,37-38,40H,6-7,11-16,18-19H2,1-2H3/t20-,27+,30-,32+,33-,34+/m0/s1. The average Bonchev–Trinajstić information content (AvgIpc) is 3.70. The molecule has 2 aromatic rings. The summed E-state index contributed by atoms with van der Waals surface area (Å²) in [6.45, 7) is 7.51. The van der Waals surface area contributed by atoms with Crippen molar-refractivity contribution in [1.82, 2.24) is 9.80 Å². The first kappa shape index (κ1) is 25.7. The summed E-state index contributed by atoms with van der Waals surface area (Å²) in [5.74, 6) is 1.71. The quantitative estimate of drug-likeness (QED) is 0.527. The highest BCUT2D eigenvalue weighted by Crippen LogP contribution is 2.65. The van der Waals surface area contributed by atoms with Gasteiger partial charge in [-0.15, -0.1) is 0 Å². The Hall–Kier alpha value is -3.03. The normalized spacial score (nSPS) is 37.3. The van der Waals surface area contributed by atoms with Gasteiger partial charge in [-0.3, -0.25) is 9.69 Å². The Bertz CT molecular complexity index is 1480. The van der Waals surface area contributed by atoms with E-state index in [0.717, 1.165) is 48.5 Å². The second-order valence-electron chi connectivity index (χ2n) is 14.0. The molecule has 0 radical (unpaired) electrons. The third-order valence-electron chi connectivity index (χ3n) is 12.0. The van der Waals surface area contributed by atoms with Crippen LogP contribution < -0.4 is 4.74 Å². The predicted octanol–water partition coefficient (Wildman–Crippen LogP) is 4.02. The molecule has 2 aromatic carbocycles.